The third-order valence-electron chi connectivity index (χ3n) is 3.71. The fourth-order valence-electron chi connectivity index (χ4n) is 2.72. The maximum Gasteiger partial charge on any atom is 0.127 e. The summed E-state index contributed by atoms with van der Waals surface area (Å²) in [4.78, 5) is 0. The summed E-state index contributed by atoms with van der Waals surface area (Å²) in [5, 5.41) is 0. The first-order valence-electron chi connectivity index (χ1n) is 6.86. The minimum Gasteiger partial charge on any atom is -0.493 e. The Bertz CT molecular complexity index is 663. The smallest absolute Gasteiger partial charge is 0.127 e. The molecule has 3 nitrogen and oxygen atoms in total. The van der Waals surface area contributed by atoms with Gasteiger partial charge in [0.25, 0.3) is 0 Å². The van der Waals surface area contributed by atoms with E-state index in [1.807, 2.05) is 0 Å². The molecule has 2 aromatic carbocycles. The molecule has 0 aromatic heterocycles. The molecular formula is C16H16BrIN2O. The maximum absolute atomic E-state index is 5.92. The SMILES string of the molecule is NNC(c1cc(I)ccc1Br)c1cccc2c1OCCC2. The first kappa shape index (κ1) is 15.3. The number of hydrogen-bond acceptors (Lipinski definition) is 3. The van der Waals surface area contributed by atoms with Crippen LogP contribution in [0.25, 0.3) is 0 Å². The average Bonchev–Trinajstić information content (AvgIpc) is 2.51. The van der Waals surface area contributed by atoms with Gasteiger partial charge in [0.05, 0.1) is 12.6 Å². The van der Waals surface area contributed by atoms with Crippen LogP contribution in [-0.4, -0.2) is 6.61 Å². The third-order valence-corrected chi connectivity index (χ3v) is 5.10. The van der Waals surface area contributed by atoms with Crippen molar-refractivity contribution in [3.05, 3.63) is 61.1 Å². The van der Waals surface area contributed by atoms with Crippen LogP contribution in [0.15, 0.2) is 40.9 Å². The van der Waals surface area contributed by atoms with Gasteiger partial charge in [-0.3, -0.25) is 5.84 Å². The highest BCUT2D eigenvalue weighted by Gasteiger charge is 2.23. The van der Waals surface area contributed by atoms with Gasteiger partial charge in [-0.1, -0.05) is 34.1 Å². The van der Waals surface area contributed by atoms with E-state index in [2.05, 4.69) is 80.3 Å². The molecule has 1 atom stereocenters. The highest BCUT2D eigenvalue weighted by Crippen LogP contribution is 2.37. The number of hydrazine groups is 1. The predicted octanol–water partition coefficient (Wildman–Crippen LogP) is 3.93. The largest absolute Gasteiger partial charge is 0.493 e. The van der Waals surface area contributed by atoms with Gasteiger partial charge in [0, 0.05) is 13.6 Å². The van der Waals surface area contributed by atoms with E-state index in [0.29, 0.717) is 0 Å². The molecular weight excluding hydrogens is 443 g/mol. The second-order valence-corrected chi connectivity index (χ2v) is 7.15. The molecule has 0 fully saturated rings. The summed E-state index contributed by atoms with van der Waals surface area (Å²) >= 11 is 5.94. The van der Waals surface area contributed by atoms with Gasteiger partial charge in [-0.25, -0.2) is 5.43 Å². The topological polar surface area (TPSA) is 47.3 Å². The Morgan fingerprint density at radius 3 is 2.90 bits per heavy atom. The van der Waals surface area contributed by atoms with Gasteiger partial charge in [0.2, 0.25) is 0 Å². The monoisotopic (exact) mass is 458 g/mol. The first-order valence-corrected chi connectivity index (χ1v) is 8.73. The van der Waals surface area contributed by atoms with Gasteiger partial charge in [-0.2, -0.15) is 0 Å². The molecule has 0 saturated heterocycles. The average molecular weight is 459 g/mol. The minimum absolute atomic E-state index is 0.0952. The Labute approximate surface area is 146 Å². The van der Waals surface area contributed by atoms with Gasteiger partial charge < -0.3 is 4.74 Å². The van der Waals surface area contributed by atoms with E-state index in [0.717, 1.165) is 40.8 Å². The lowest BCUT2D eigenvalue weighted by Gasteiger charge is -2.25. The summed E-state index contributed by atoms with van der Waals surface area (Å²) in [7, 11) is 0. The van der Waals surface area contributed by atoms with Gasteiger partial charge in [0.1, 0.15) is 5.75 Å². The second-order valence-electron chi connectivity index (χ2n) is 5.05. The summed E-state index contributed by atoms with van der Waals surface area (Å²) in [6.45, 7) is 0.773. The van der Waals surface area contributed by atoms with Gasteiger partial charge in [-0.05, 0) is 64.8 Å². The summed E-state index contributed by atoms with van der Waals surface area (Å²) in [6, 6.07) is 12.5. The zero-order chi connectivity index (χ0) is 14.8. The van der Waals surface area contributed by atoms with Crippen molar-refractivity contribution < 1.29 is 4.74 Å². The molecule has 5 heteroatoms. The van der Waals surface area contributed by atoms with Crippen molar-refractivity contribution in [2.24, 2.45) is 5.84 Å². The molecule has 0 amide bonds. The van der Waals surface area contributed by atoms with Crippen LogP contribution >= 0.6 is 38.5 Å². The molecule has 110 valence electrons. The molecule has 1 heterocycles. The molecule has 2 aromatic rings. The Kier molecular flexibility index (Phi) is 4.83. The van der Waals surface area contributed by atoms with Crippen molar-refractivity contribution in [3.63, 3.8) is 0 Å². The molecule has 1 unspecified atom stereocenters. The number of hydrogen-bond donors (Lipinski definition) is 2. The second kappa shape index (κ2) is 6.64. The number of rotatable bonds is 3. The predicted molar refractivity (Wildman–Crippen MR) is 96.3 cm³/mol. The lowest BCUT2D eigenvalue weighted by molar-refractivity contribution is 0.283. The summed E-state index contributed by atoms with van der Waals surface area (Å²) in [5.41, 5.74) is 6.42. The molecule has 0 aliphatic carbocycles. The van der Waals surface area contributed by atoms with Crippen molar-refractivity contribution in [1.29, 1.82) is 0 Å². The molecule has 0 saturated carbocycles. The Hall–Kier alpha value is -0.630. The van der Waals surface area contributed by atoms with Crippen molar-refractivity contribution >= 4 is 38.5 Å². The zero-order valence-corrected chi connectivity index (χ0v) is 15.1. The molecule has 21 heavy (non-hydrogen) atoms. The summed E-state index contributed by atoms with van der Waals surface area (Å²) in [5.74, 6) is 6.84. The number of ether oxygens (including phenoxy) is 1. The van der Waals surface area contributed by atoms with E-state index in [1.165, 1.54) is 9.13 Å². The maximum atomic E-state index is 5.92. The van der Waals surface area contributed by atoms with E-state index < -0.39 is 0 Å². The third kappa shape index (κ3) is 3.11. The van der Waals surface area contributed by atoms with Crippen molar-refractivity contribution in [2.75, 3.05) is 6.61 Å². The Morgan fingerprint density at radius 1 is 1.24 bits per heavy atom. The van der Waals surface area contributed by atoms with Crippen LogP contribution in [-0.2, 0) is 6.42 Å². The summed E-state index contributed by atoms with van der Waals surface area (Å²) < 4.78 is 8.13. The van der Waals surface area contributed by atoms with Crippen LogP contribution in [0.5, 0.6) is 5.75 Å². The minimum atomic E-state index is -0.0952. The van der Waals surface area contributed by atoms with Gasteiger partial charge in [0.15, 0.2) is 0 Å². The molecule has 3 N–H and O–H groups in total. The highest BCUT2D eigenvalue weighted by molar-refractivity contribution is 14.1. The summed E-state index contributed by atoms with van der Waals surface area (Å²) in [6.07, 6.45) is 2.14. The Morgan fingerprint density at radius 2 is 2.10 bits per heavy atom. The number of fused-ring (bicyclic) bond motifs is 1. The standard InChI is InChI=1S/C16H16BrIN2O/c17-14-7-6-11(18)9-13(14)15(20-19)12-5-1-3-10-4-2-8-21-16(10)12/h1,3,5-7,9,15,20H,2,4,8,19H2. The molecule has 3 rings (SSSR count). The lowest BCUT2D eigenvalue weighted by atomic mass is 9.94. The molecule has 0 spiro atoms. The van der Waals surface area contributed by atoms with Crippen LogP contribution < -0.4 is 16.0 Å². The lowest BCUT2D eigenvalue weighted by Crippen LogP contribution is -2.30. The van der Waals surface area contributed by atoms with E-state index in [1.54, 1.807) is 0 Å². The number of aryl methyl sites for hydroxylation is 1. The quantitative estimate of drug-likeness (QED) is 0.416. The fourth-order valence-corrected chi connectivity index (χ4v) is 3.72. The van der Waals surface area contributed by atoms with Crippen LogP contribution in [0.4, 0.5) is 0 Å². The van der Waals surface area contributed by atoms with E-state index in [9.17, 15) is 0 Å². The number of nitrogens with one attached hydrogen (secondary N) is 1. The van der Waals surface area contributed by atoms with E-state index in [4.69, 9.17) is 10.6 Å². The number of benzene rings is 2. The highest BCUT2D eigenvalue weighted by atomic mass is 127. The number of nitrogens with two attached hydrogens (primary N) is 1. The van der Waals surface area contributed by atoms with Gasteiger partial charge >= 0.3 is 0 Å². The first-order chi connectivity index (χ1) is 10.2. The van der Waals surface area contributed by atoms with Crippen LogP contribution in [0.3, 0.4) is 0 Å². The molecule has 1 aliphatic rings. The Balaban J connectivity index is 2.10. The van der Waals surface area contributed by atoms with Crippen molar-refractivity contribution in [2.45, 2.75) is 18.9 Å². The van der Waals surface area contributed by atoms with Crippen LogP contribution in [0.2, 0.25) is 0 Å². The van der Waals surface area contributed by atoms with Crippen molar-refractivity contribution in [3.8, 4) is 5.75 Å². The number of para-hydroxylation sites is 1. The molecule has 1 aliphatic heterocycles. The number of halogens is 2. The van der Waals surface area contributed by atoms with Gasteiger partial charge in [-0.15, -0.1) is 0 Å². The van der Waals surface area contributed by atoms with E-state index in [-0.39, 0.29) is 6.04 Å². The van der Waals surface area contributed by atoms with Crippen LogP contribution in [0, 0.1) is 3.57 Å². The van der Waals surface area contributed by atoms with E-state index >= 15 is 0 Å². The van der Waals surface area contributed by atoms with Crippen molar-refractivity contribution in [1.82, 2.24) is 5.43 Å². The zero-order valence-electron chi connectivity index (χ0n) is 11.4. The van der Waals surface area contributed by atoms with Crippen LogP contribution in [0.1, 0.15) is 29.2 Å². The fraction of sp³-hybridized carbons (Fsp3) is 0.250. The molecule has 0 radical (unpaired) electrons. The normalized spacial score (nSPS) is 15.2. The molecule has 0 bridgehead atoms.